The lowest BCUT2D eigenvalue weighted by Crippen LogP contribution is -2.22. The van der Waals surface area contributed by atoms with Gasteiger partial charge in [0.05, 0.1) is 28.2 Å². The molecular formula is C28H26Br2FN3O3. The number of benzene rings is 3. The Balaban J connectivity index is 1.70. The predicted octanol–water partition coefficient (Wildman–Crippen LogP) is 7.26. The molecule has 0 bridgehead atoms. The molecule has 0 saturated carbocycles. The third-order valence-corrected chi connectivity index (χ3v) is 6.70. The van der Waals surface area contributed by atoms with Crippen molar-refractivity contribution in [3.05, 3.63) is 96.7 Å². The van der Waals surface area contributed by atoms with Gasteiger partial charge in [-0.2, -0.15) is 9.78 Å². The van der Waals surface area contributed by atoms with Crippen LogP contribution in [0.4, 0.5) is 4.39 Å². The summed E-state index contributed by atoms with van der Waals surface area (Å²) in [6.45, 7) is 4.42. The SMILES string of the molecule is CCCCc1nc2ccc(Br)cc2c(=O)n1N=Cc1cc(Br)c(OCc2ccccc2F)c(OCC)c1. The second-order valence-electron chi connectivity index (χ2n) is 8.30. The van der Waals surface area contributed by atoms with E-state index in [2.05, 4.69) is 43.9 Å². The van der Waals surface area contributed by atoms with Crippen LogP contribution in [-0.4, -0.2) is 22.5 Å². The average Bonchev–Trinajstić information content (AvgIpc) is 2.88. The highest BCUT2D eigenvalue weighted by Crippen LogP contribution is 2.37. The van der Waals surface area contributed by atoms with Crippen LogP contribution in [0.3, 0.4) is 0 Å². The molecule has 4 rings (SSSR count). The minimum atomic E-state index is -0.333. The molecule has 9 heteroatoms. The Morgan fingerprint density at radius 2 is 1.89 bits per heavy atom. The van der Waals surface area contributed by atoms with Crippen molar-refractivity contribution in [2.24, 2.45) is 5.10 Å². The summed E-state index contributed by atoms with van der Waals surface area (Å²) in [7, 11) is 0. The Hall–Kier alpha value is -3.04. The number of fused-ring (bicyclic) bond motifs is 1. The number of halogens is 3. The fourth-order valence-corrected chi connectivity index (χ4v) is 4.70. The van der Waals surface area contributed by atoms with Gasteiger partial charge in [-0.1, -0.05) is 47.5 Å². The maximum absolute atomic E-state index is 14.1. The Kier molecular flexibility index (Phi) is 9.10. The van der Waals surface area contributed by atoms with Crippen molar-refractivity contribution in [3.8, 4) is 11.5 Å². The maximum atomic E-state index is 14.1. The smallest absolute Gasteiger partial charge is 0.282 e. The molecule has 0 radical (unpaired) electrons. The van der Waals surface area contributed by atoms with Crippen LogP contribution >= 0.6 is 31.9 Å². The number of unbranched alkanes of at least 4 members (excludes halogenated alkanes) is 1. The Labute approximate surface area is 231 Å². The maximum Gasteiger partial charge on any atom is 0.282 e. The molecule has 0 aliphatic rings. The molecule has 192 valence electrons. The number of nitrogens with zero attached hydrogens (tertiary/aromatic N) is 3. The van der Waals surface area contributed by atoms with Crippen molar-refractivity contribution < 1.29 is 13.9 Å². The van der Waals surface area contributed by atoms with Crippen LogP contribution in [0.25, 0.3) is 10.9 Å². The van der Waals surface area contributed by atoms with Crippen LogP contribution in [0.15, 0.2) is 73.4 Å². The number of ether oxygens (including phenoxy) is 2. The second-order valence-corrected chi connectivity index (χ2v) is 10.1. The van der Waals surface area contributed by atoms with Crippen molar-refractivity contribution in [2.45, 2.75) is 39.7 Å². The molecule has 3 aromatic carbocycles. The largest absolute Gasteiger partial charge is 0.490 e. The summed E-state index contributed by atoms with van der Waals surface area (Å²) in [5.74, 6) is 1.21. The predicted molar refractivity (Wildman–Crippen MR) is 151 cm³/mol. The van der Waals surface area contributed by atoms with E-state index in [0.717, 1.165) is 17.3 Å². The lowest BCUT2D eigenvalue weighted by Gasteiger charge is -2.15. The number of hydrogen-bond acceptors (Lipinski definition) is 5. The summed E-state index contributed by atoms with van der Waals surface area (Å²) in [5.41, 5.74) is 1.54. The summed E-state index contributed by atoms with van der Waals surface area (Å²) < 4.78 is 28.6. The number of rotatable bonds is 10. The highest BCUT2D eigenvalue weighted by Gasteiger charge is 2.14. The molecule has 0 aliphatic carbocycles. The zero-order valence-electron chi connectivity index (χ0n) is 20.5. The summed E-state index contributed by atoms with van der Waals surface area (Å²) in [6.07, 6.45) is 4.08. The van der Waals surface area contributed by atoms with Gasteiger partial charge >= 0.3 is 0 Å². The van der Waals surface area contributed by atoms with Gasteiger partial charge in [-0.15, -0.1) is 0 Å². The van der Waals surface area contributed by atoms with Gasteiger partial charge in [0.1, 0.15) is 18.2 Å². The van der Waals surface area contributed by atoms with E-state index in [1.165, 1.54) is 10.7 Å². The van der Waals surface area contributed by atoms with Crippen LogP contribution in [-0.2, 0) is 13.0 Å². The lowest BCUT2D eigenvalue weighted by molar-refractivity contribution is 0.264. The van der Waals surface area contributed by atoms with Gasteiger partial charge in [0, 0.05) is 16.5 Å². The molecule has 0 aliphatic heterocycles. The van der Waals surface area contributed by atoms with Crippen molar-refractivity contribution in [3.63, 3.8) is 0 Å². The quantitative estimate of drug-likeness (QED) is 0.173. The Morgan fingerprint density at radius 3 is 2.65 bits per heavy atom. The van der Waals surface area contributed by atoms with Crippen molar-refractivity contribution in [1.29, 1.82) is 0 Å². The molecule has 37 heavy (non-hydrogen) atoms. The van der Waals surface area contributed by atoms with Gasteiger partial charge in [-0.25, -0.2) is 9.37 Å². The lowest BCUT2D eigenvalue weighted by atomic mass is 10.2. The summed E-state index contributed by atoms with van der Waals surface area (Å²) in [5, 5.41) is 5.01. The van der Waals surface area contributed by atoms with E-state index in [-0.39, 0.29) is 18.0 Å². The van der Waals surface area contributed by atoms with Crippen molar-refractivity contribution >= 4 is 49.0 Å². The van der Waals surface area contributed by atoms with E-state index in [4.69, 9.17) is 14.5 Å². The van der Waals surface area contributed by atoms with E-state index in [1.54, 1.807) is 36.5 Å². The molecule has 1 aromatic heterocycles. The summed E-state index contributed by atoms with van der Waals surface area (Å²) >= 11 is 6.97. The van der Waals surface area contributed by atoms with E-state index in [9.17, 15) is 9.18 Å². The van der Waals surface area contributed by atoms with Gasteiger partial charge in [-0.05, 0) is 71.2 Å². The number of hydrogen-bond donors (Lipinski definition) is 0. The molecule has 6 nitrogen and oxygen atoms in total. The molecule has 0 spiro atoms. The van der Waals surface area contributed by atoms with Crippen LogP contribution in [0.2, 0.25) is 0 Å². The third-order valence-electron chi connectivity index (χ3n) is 5.61. The first-order valence-electron chi connectivity index (χ1n) is 12.0. The second kappa shape index (κ2) is 12.5. The van der Waals surface area contributed by atoms with E-state index >= 15 is 0 Å². The molecule has 0 saturated heterocycles. The van der Waals surface area contributed by atoms with E-state index in [0.29, 0.717) is 56.9 Å². The van der Waals surface area contributed by atoms with Crippen LogP contribution in [0, 0.1) is 5.82 Å². The fraction of sp³-hybridized carbons (Fsp3) is 0.250. The first-order chi connectivity index (χ1) is 17.9. The molecule has 0 atom stereocenters. The van der Waals surface area contributed by atoms with E-state index < -0.39 is 0 Å². The van der Waals surface area contributed by atoms with Gasteiger partial charge in [0.15, 0.2) is 11.5 Å². The topological polar surface area (TPSA) is 65.7 Å². The standard InChI is InChI=1S/C28H26Br2FN3O3/c1-3-5-10-26-33-24-12-11-20(29)15-21(24)28(35)34(26)32-16-18-13-22(30)27(25(14-18)36-4-2)37-17-19-8-6-7-9-23(19)31/h6-9,11-16H,3-5,10,17H2,1-2H3. The zero-order valence-corrected chi connectivity index (χ0v) is 23.7. The van der Waals surface area contributed by atoms with Crippen LogP contribution in [0.1, 0.15) is 43.6 Å². The summed E-state index contributed by atoms with van der Waals surface area (Å²) in [4.78, 5) is 18.0. The number of aromatic nitrogens is 2. The van der Waals surface area contributed by atoms with Gasteiger partial charge in [-0.3, -0.25) is 4.79 Å². The molecule has 1 heterocycles. The third kappa shape index (κ3) is 6.45. The molecule has 0 N–H and O–H groups in total. The monoisotopic (exact) mass is 629 g/mol. The van der Waals surface area contributed by atoms with Crippen LogP contribution < -0.4 is 15.0 Å². The van der Waals surface area contributed by atoms with Crippen molar-refractivity contribution in [1.82, 2.24) is 9.66 Å². The zero-order chi connectivity index (χ0) is 26.4. The minimum Gasteiger partial charge on any atom is -0.490 e. The van der Waals surface area contributed by atoms with Crippen molar-refractivity contribution in [2.75, 3.05) is 6.61 Å². The first kappa shape index (κ1) is 27.0. The molecular weight excluding hydrogens is 605 g/mol. The van der Waals surface area contributed by atoms with E-state index in [1.807, 2.05) is 25.1 Å². The van der Waals surface area contributed by atoms with Crippen LogP contribution in [0.5, 0.6) is 11.5 Å². The van der Waals surface area contributed by atoms with Gasteiger partial charge in [0.2, 0.25) is 0 Å². The molecule has 0 unspecified atom stereocenters. The minimum absolute atomic E-state index is 0.0489. The molecule has 0 fully saturated rings. The normalized spacial score (nSPS) is 11.4. The highest BCUT2D eigenvalue weighted by atomic mass is 79.9. The first-order valence-corrected chi connectivity index (χ1v) is 13.6. The molecule has 4 aromatic rings. The highest BCUT2D eigenvalue weighted by molar-refractivity contribution is 9.10. The molecule has 0 amide bonds. The Bertz CT molecular complexity index is 1500. The van der Waals surface area contributed by atoms with Gasteiger partial charge in [0.25, 0.3) is 5.56 Å². The fourth-order valence-electron chi connectivity index (χ4n) is 3.77. The average molecular weight is 631 g/mol. The summed E-state index contributed by atoms with van der Waals surface area (Å²) in [6, 6.07) is 15.5. The number of aryl methyl sites for hydroxylation is 1. The van der Waals surface area contributed by atoms with Gasteiger partial charge < -0.3 is 9.47 Å². The Morgan fingerprint density at radius 1 is 1.08 bits per heavy atom.